The number of benzene rings is 1. The molecule has 0 saturated heterocycles. The third-order valence-electron chi connectivity index (χ3n) is 2.53. The van der Waals surface area contributed by atoms with Gasteiger partial charge < -0.3 is 10.2 Å². The van der Waals surface area contributed by atoms with Crippen LogP contribution in [-0.4, -0.2) is 36.8 Å². The zero-order chi connectivity index (χ0) is 12.7. The van der Waals surface area contributed by atoms with Crippen LogP contribution in [-0.2, 0) is 6.54 Å². The van der Waals surface area contributed by atoms with Gasteiger partial charge in [0.25, 0.3) is 5.24 Å². The van der Waals surface area contributed by atoms with Crippen molar-refractivity contribution in [1.82, 2.24) is 10.2 Å². The average Bonchev–Trinajstić information content (AvgIpc) is 2.29. The number of hydrogen-bond donors (Lipinski definition) is 1. The lowest BCUT2D eigenvalue weighted by Gasteiger charge is -2.17. The summed E-state index contributed by atoms with van der Waals surface area (Å²) in [5.74, 6) is 0. The first-order valence-electron chi connectivity index (χ1n) is 5.81. The third kappa shape index (κ3) is 5.31. The normalized spacial score (nSPS) is 10.8. The van der Waals surface area contributed by atoms with Crippen LogP contribution in [0.1, 0.15) is 22.8 Å². The molecular formula is C13H19ClN2O. The van der Waals surface area contributed by atoms with Crippen LogP contribution in [0.4, 0.5) is 0 Å². The van der Waals surface area contributed by atoms with Crippen molar-refractivity contribution in [3.63, 3.8) is 0 Å². The summed E-state index contributed by atoms with van der Waals surface area (Å²) in [6.07, 6.45) is 0. The molecule has 1 N–H and O–H groups in total. The number of halogens is 1. The quantitative estimate of drug-likeness (QED) is 0.598. The SMILES string of the molecule is CCNCCN(C)Cc1cccc(C(=O)Cl)c1. The molecule has 1 rings (SSSR count). The molecule has 0 unspecified atom stereocenters. The molecule has 17 heavy (non-hydrogen) atoms. The fraction of sp³-hybridized carbons (Fsp3) is 0.462. The van der Waals surface area contributed by atoms with Gasteiger partial charge >= 0.3 is 0 Å². The van der Waals surface area contributed by atoms with Crippen LogP contribution in [0.15, 0.2) is 24.3 Å². The standard InChI is InChI=1S/C13H19ClN2O/c1-3-15-7-8-16(2)10-11-5-4-6-12(9-11)13(14)17/h4-6,9,15H,3,7-8,10H2,1-2H3. The molecule has 0 aliphatic heterocycles. The first-order valence-corrected chi connectivity index (χ1v) is 6.19. The van der Waals surface area contributed by atoms with E-state index in [9.17, 15) is 4.79 Å². The van der Waals surface area contributed by atoms with E-state index in [2.05, 4.69) is 24.2 Å². The van der Waals surface area contributed by atoms with Gasteiger partial charge in [-0.25, -0.2) is 0 Å². The second-order valence-corrected chi connectivity index (χ2v) is 4.41. The molecule has 0 fully saturated rings. The highest BCUT2D eigenvalue weighted by molar-refractivity contribution is 6.67. The number of hydrogen-bond acceptors (Lipinski definition) is 3. The molecule has 3 nitrogen and oxygen atoms in total. The van der Waals surface area contributed by atoms with Crippen LogP contribution in [0.25, 0.3) is 0 Å². The van der Waals surface area contributed by atoms with Gasteiger partial charge in [0, 0.05) is 25.2 Å². The number of nitrogens with zero attached hydrogens (tertiary/aromatic N) is 1. The van der Waals surface area contributed by atoms with Crippen molar-refractivity contribution in [1.29, 1.82) is 0 Å². The van der Waals surface area contributed by atoms with E-state index < -0.39 is 5.24 Å². The van der Waals surface area contributed by atoms with Gasteiger partial charge in [0.2, 0.25) is 0 Å². The van der Waals surface area contributed by atoms with Crippen LogP contribution in [0, 0.1) is 0 Å². The van der Waals surface area contributed by atoms with Gasteiger partial charge in [0.05, 0.1) is 0 Å². The Bertz CT molecular complexity index is 368. The summed E-state index contributed by atoms with van der Waals surface area (Å²) in [6.45, 7) is 5.86. The molecule has 0 bridgehead atoms. The minimum atomic E-state index is -0.401. The van der Waals surface area contributed by atoms with E-state index in [4.69, 9.17) is 11.6 Å². The second kappa shape index (κ2) is 7.43. The molecule has 0 heterocycles. The Balaban J connectivity index is 2.50. The predicted octanol–water partition coefficient (Wildman–Crippen LogP) is 2.11. The maximum absolute atomic E-state index is 11.0. The molecule has 0 aliphatic carbocycles. The average molecular weight is 255 g/mol. The molecule has 4 heteroatoms. The van der Waals surface area contributed by atoms with Crippen LogP contribution in [0.2, 0.25) is 0 Å². The van der Waals surface area contributed by atoms with Gasteiger partial charge in [0.15, 0.2) is 0 Å². The molecule has 94 valence electrons. The van der Waals surface area contributed by atoms with Gasteiger partial charge in [-0.1, -0.05) is 25.1 Å². The van der Waals surface area contributed by atoms with Crippen molar-refractivity contribution in [3.8, 4) is 0 Å². The second-order valence-electron chi connectivity index (χ2n) is 4.07. The molecule has 0 aliphatic rings. The molecular weight excluding hydrogens is 236 g/mol. The fourth-order valence-corrected chi connectivity index (χ4v) is 1.75. The van der Waals surface area contributed by atoms with E-state index in [1.807, 2.05) is 18.2 Å². The summed E-state index contributed by atoms with van der Waals surface area (Å²) in [5.41, 5.74) is 1.67. The molecule has 0 saturated carbocycles. The summed E-state index contributed by atoms with van der Waals surface area (Å²) < 4.78 is 0. The smallest absolute Gasteiger partial charge is 0.252 e. The molecule has 0 amide bonds. The molecule has 0 spiro atoms. The molecule has 0 radical (unpaired) electrons. The molecule has 1 aromatic carbocycles. The van der Waals surface area contributed by atoms with Gasteiger partial charge in [0.1, 0.15) is 0 Å². The predicted molar refractivity (Wildman–Crippen MR) is 71.5 cm³/mol. The molecule has 1 aromatic rings. The Morgan fingerprint density at radius 3 is 2.88 bits per heavy atom. The van der Waals surface area contributed by atoms with Gasteiger partial charge in [-0.15, -0.1) is 0 Å². The van der Waals surface area contributed by atoms with E-state index in [1.54, 1.807) is 6.07 Å². The van der Waals surface area contributed by atoms with Crippen LogP contribution < -0.4 is 5.32 Å². The third-order valence-corrected chi connectivity index (χ3v) is 2.74. The summed E-state index contributed by atoms with van der Waals surface area (Å²) in [5, 5.41) is 2.88. The maximum atomic E-state index is 11.0. The summed E-state index contributed by atoms with van der Waals surface area (Å²) >= 11 is 5.45. The van der Waals surface area contributed by atoms with E-state index in [1.165, 1.54) is 0 Å². The van der Waals surface area contributed by atoms with Crippen molar-refractivity contribution in [3.05, 3.63) is 35.4 Å². The zero-order valence-electron chi connectivity index (χ0n) is 10.4. The Hall–Kier alpha value is -0.900. The lowest BCUT2D eigenvalue weighted by atomic mass is 10.1. The fourth-order valence-electron chi connectivity index (χ4n) is 1.63. The number of likely N-dealkylation sites (N-methyl/N-ethyl adjacent to an activating group) is 2. The topological polar surface area (TPSA) is 32.3 Å². The highest BCUT2D eigenvalue weighted by atomic mass is 35.5. The minimum absolute atomic E-state index is 0.401. The highest BCUT2D eigenvalue weighted by Gasteiger charge is 2.04. The van der Waals surface area contributed by atoms with E-state index in [0.29, 0.717) is 5.56 Å². The number of rotatable bonds is 7. The van der Waals surface area contributed by atoms with E-state index in [-0.39, 0.29) is 0 Å². The molecule has 0 aromatic heterocycles. The lowest BCUT2D eigenvalue weighted by molar-refractivity contribution is 0.108. The monoisotopic (exact) mass is 254 g/mol. The van der Waals surface area contributed by atoms with Gasteiger partial charge in [-0.3, -0.25) is 4.79 Å². The van der Waals surface area contributed by atoms with Crippen LogP contribution in [0.3, 0.4) is 0 Å². The first kappa shape index (κ1) is 14.2. The summed E-state index contributed by atoms with van der Waals surface area (Å²) in [6, 6.07) is 7.45. The Kier molecular flexibility index (Phi) is 6.19. The molecule has 0 atom stereocenters. The lowest BCUT2D eigenvalue weighted by Crippen LogP contribution is -2.28. The number of nitrogens with one attached hydrogen (secondary N) is 1. The largest absolute Gasteiger partial charge is 0.316 e. The van der Waals surface area contributed by atoms with E-state index >= 15 is 0 Å². The zero-order valence-corrected chi connectivity index (χ0v) is 11.1. The first-order chi connectivity index (χ1) is 8.13. The summed E-state index contributed by atoms with van der Waals surface area (Å²) in [4.78, 5) is 13.2. The van der Waals surface area contributed by atoms with Crippen molar-refractivity contribution in [2.24, 2.45) is 0 Å². The van der Waals surface area contributed by atoms with Crippen LogP contribution in [0.5, 0.6) is 0 Å². The van der Waals surface area contributed by atoms with Crippen molar-refractivity contribution in [2.45, 2.75) is 13.5 Å². The summed E-state index contributed by atoms with van der Waals surface area (Å²) in [7, 11) is 2.06. The van der Waals surface area contributed by atoms with Crippen molar-refractivity contribution in [2.75, 3.05) is 26.7 Å². The minimum Gasteiger partial charge on any atom is -0.316 e. The van der Waals surface area contributed by atoms with Crippen LogP contribution >= 0.6 is 11.6 Å². The van der Waals surface area contributed by atoms with Gasteiger partial charge in [-0.2, -0.15) is 0 Å². The Morgan fingerprint density at radius 2 is 2.24 bits per heavy atom. The Morgan fingerprint density at radius 1 is 1.47 bits per heavy atom. The van der Waals surface area contributed by atoms with Crippen molar-refractivity contribution >= 4 is 16.8 Å². The number of carbonyl (C=O) groups excluding carboxylic acids is 1. The van der Waals surface area contributed by atoms with Crippen molar-refractivity contribution < 1.29 is 4.79 Å². The Labute approximate surface area is 108 Å². The van der Waals surface area contributed by atoms with Gasteiger partial charge in [-0.05, 0) is 36.8 Å². The highest BCUT2D eigenvalue weighted by Crippen LogP contribution is 2.09. The number of carbonyl (C=O) groups is 1. The van der Waals surface area contributed by atoms with E-state index in [0.717, 1.165) is 31.7 Å². The maximum Gasteiger partial charge on any atom is 0.252 e.